The van der Waals surface area contributed by atoms with Gasteiger partial charge in [0.2, 0.25) is 0 Å². The second kappa shape index (κ2) is 4.39. The number of aromatic nitrogens is 1. The van der Waals surface area contributed by atoms with E-state index in [-0.39, 0.29) is 11.6 Å². The lowest BCUT2D eigenvalue weighted by Crippen LogP contribution is -2.09. The Balaban J connectivity index is 3.51. The summed E-state index contributed by atoms with van der Waals surface area (Å²) in [4.78, 5) is 14.2. The normalized spacial score (nSPS) is 10.7. The molecule has 0 aliphatic rings. The van der Waals surface area contributed by atoms with E-state index in [4.69, 9.17) is 21.8 Å². The second-order valence-electron chi connectivity index (χ2n) is 2.62. The molecular formula is C8H6ClF2NO3. The van der Waals surface area contributed by atoms with Gasteiger partial charge in [-0.3, -0.25) is 4.98 Å². The van der Waals surface area contributed by atoms with E-state index >= 15 is 0 Å². The molecule has 1 rings (SSSR count). The minimum absolute atomic E-state index is 0.197. The van der Waals surface area contributed by atoms with Crippen molar-refractivity contribution in [1.82, 2.24) is 4.98 Å². The van der Waals surface area contributed by atoms with Crippen LogP contribution in [-0.4, -0.2) is 21.2 Å². The van der Waals surface area contributed by atoms with Crippen LogP contribution in [0.3, 0.4) is 0 Å². The van der Waals surface area contributed by atoms with Crippen LogP contribution in [0.1, 0.15) is 28.0 Å². The summed E-state index contributed by atoms with van der Waals surface area (Å²) in [6.45, 7) is 0. The summed E-state index contributed by atoms with van der Waals surface area (Å²) in [5.74, 6) is -2.76. The number of pyridine rings is 1. The third-order valence-corrected chi connectivity index (χ3v) is 1.99. The van der Waals surface area contributed by atoms with Crippen molar-refractivity contribution in [3.05, 3.63) is 23.0 Å². The Labute approximate surface area is 88.1 Å². The minimum atomic E-state index is -3.10. The summed E-state index contributed by atoms with van der Waals surface area (Å²) >= 11 is 5.35. The van der Waals surface area contributed by atoms with Crippen LogP contribution in [0.25, 0.3) is 0 Å². The minimum Gasteiger partial charge on any atom is -0.506 e. The Bertz CT molecular complexity index is 398. The van der Waals surface area contributed by atoms with Crippen LogP contribution < -0.4 is 0 Å². The van der Waals surface area contributed by atoms with Crippen LogP contribution in [0, 0.1) is 0 Å². The highest BCUT2D eigenvalue weighted by atomic mass is 35.5. The SMILES string of the molecule is O=C(O)c1c(CCl)ncc(O)c1C(F)F. The molecule has 0 aliphatic heterocycles. The van der Waals surface area contributed by atoms with Gasteiger partial charge < -0.3 is 10.2 Å². The standard InChI is InChI=1S/C8H6ClF2NO3/c9-1-3-5(8(14)15)6(7(10)11)4(13)2-12-3/h2,7,13H,1H2,(H,14,15). The first-order valence-electron chi connectivity index (χ1n) is 3.77. The molecule has 7 heteroatoms. The molecule has 15 heavy (non-hydrogen) atoms. The van der Waals surface area contributed by atoms with E-state index in [9.17, 15) is 13.6 Å². The lowest BCUT2D eigenvalue weighted by atomic mass is 10.1. The molecule has 0 bridgehead atoms. The molecule has 4 nitrogen and oxygen atoms in total. The molecular weight excluding hydrogens is 232 g/mol. The third-order valence-electron chi connectivity index (χ3n) is 1.74. The average Bonchev–Trinajstić information content (AvgIpc) is 2.16. The van der Waals surface area contributed by atoms with Crippen molar-refractivity contribution in [3.8, 4) is 5.75 Å². The molecule has 0 unspecified atom stereocenters. The number of hydrogen-bond acceptors (Lipinski definition) is 3. The first kappa shape index (κ1) is 11.6. The van der Waals surface area contributed by atoms with Gasteiger partial charge in [-0.25, -0.2) is 13.6 Å². The average molecular weight is 238 g/mol. The number of aromatic hydroxyl groups is 1. The lowest BCUT2D eigenvalue weighted by molar-refractivity contribution is 0.0681. The van der Waals surface area contributed by atoms with Gasteiger partial charge in [0.25, 0.3) is 6.43 Å². The van der Waals surface area contributed by atoms with E-state index in [0.29, 0.717) is 0 Å². The molecule has 1 aromatic heterocycles. The molecule has 1 aromatic rings. The highest BCUT2D eigenvalue weighted by molar-refractivity contribution is 6.17. The monoisotopic (exact) mass is 237 g/mol. The van der Waals surface area contributed by atoms with Gasteiger partial charge >= 0.3 is 5.97 Å². The van der Waals surface area contributed by atoms with Crippen LogP contribution in [-0.2, 0) is 5.88 Å². The van der Waals surface area contributed by atoms with Crippen LogP contribution in [0.15, 0.2) is 6.20 Å². The number of carbonyl (C=O) groups is 1. The Morgan fingerprint density at radius 3 is 2.60 bits per heavy atom. The lowest BCUT2D eigenvalue weighted by Gasteiger charge is -2.09. The van der Waals surface area contributed by atoms with Crippen LogP contribution in [0.4, 0.5) is 8.78 Å². The molecule has 82 valence electrons. The maximum atomic E-state index is 12.5. The number of rotatable bonds is 3. The zero-order chi connectivity index (χ0) is 11.6. The molecule has 0 amide bonds. The highest BCUT2D eigenvalue weighted by Crippen LogP contribution is 2.32. The molecule has 0 aromatic carbocycles. The van der Waals surface area contributed by atoms with Crippen molar-refractivity contribution in [2.45, 2.75) is 12.3 Å². The first-order valence-corrected chi connectivity index (χ1v) is 4.30. The van der Waals surface area contributed by atoms with Gasteiger partial charge in [0, 0.05) is 0 Å². The van der Waals surface area contributed by atoms with Crippen LogP contribution in [0.2, 0.25) is 0 Å². The predicted molar refractivity (Wildman–Crippen MR) is 47.4 cm³/mol. The number of nitrogens with zero attached hydrogens (tertiary/aromatic N) is 1. The van der Waals surface area contributed by atoms with E-state index in [1.807, 2.05) is 0 Å². The van der Waals surface area contributed by atoms with E-state index in [0.717, 1.165) is 6.20 Å². The summed E-state index contributed by atoms with van der Waals surface area (Å²) in [5, 5.41) is 17.8. The fourth-order valence-electron chi connectivity index (χ4n) is 1.12. The Kier molecular flexibility index (Phi) is 3.41. The van der Waals surface area contributed by atoms with Gasteiger partial charge in [-0.05, 0) is 0 Å². The first-order chi connectivity index (χ1) is 6.99. The number of halogens is 3. The number of hydrogen-bond donors (Lipinski definition) is 2. The number of aromatic carboxylic acids is 1. The van der Waals surface area contributed by atoms with Gasteiger partial charge in [-0.2, -0.15) is 0 Å². The summed E-state index contributed by atoms with van der Waals surface area (Å²) < 4.78 is 24.9. The molecule has 0 fully saturated rings. The van der Waals surface area contributed by atoms with E-state index < -0.39 is 29.3 Å². The summed E-state index contributed by atoms with van der Waals surface area (Å²) in [6, 6.07) is 0. The third kappa shape index (κ3) is 2.15. The van der Waals surface area contributed by atoms with Crippen LogP contribution in [0.5, 0.6) is 5.75 Å². The van der Waals surface area contributed by atoms with Crippen molar-refractivity contribution < 1.29 is 23.8 Å². The van der Waals surface area contributed by atoms with Gasteiger partial charge in [0.15, 0.2) is 0 Å². The molecule has 0 aliphatic carbocycles. The number of alkyl halides is 3. The largest absolute Gasteiger partial charge is 0.506 e. The maximum Gasteiger partial charge on any atom is 0.338 e. The number of carboxylic acid groups (broad SMARTS) is 1. The topological polar surface area (TPSA) is 70.4 Å². The van der Waals surface area contributed by atoms with Crippen molar-refractivity contribution in [2.75, 3.05) is 0 Å². The smallest absolute Gasteiger partial charge is 0.338 e. The maximum absolute atomic E-state index is 12.5. The molecule has 0 saturated carbocycles. The Morgan fingerprint density at radius 2 is 2.20 bits per heavy atom. The molecule has 0 saturated heterocycles. The zero-order valence-electron chi connectivity index (χ0n) is 7.25. The fraction of sp³-hybridized carbons (Fsp3) is 0.250. The van der Waals surface area contributed by atoms with E-state index in [1.54, 1.807) is 0 Å². The van der Waals surface area contributed by atoms with E-state index in [2.05, 4.69) is 4.98 Å². The molecule has 0 radical (unpaired) electrons. The highest BCUT2D eigenvalue weighted by Gasteiger charge is 2.25. The van der Waals surface area contributed by atoms with Gasteiger partial charge in [0.1, 0.15) is 5.75 Å². The molecule has 0 atom stereocenters. The molecule has 1 heterocycles. The zero-order valence-corrected chi connectivity index (χ0v) is 8.00. The second-order valence-corrected chi connectivity index (χ2v) is 2.89. The van der Waals surface area contributed by atoms with E-state index in [1.165, 1.54) is 0 Å². The fourth-order valence-corrected chi connectivity index (χ4v) is 1.32. The van der Waals surface area contributed by atoms with Crippen molar-refractivity contribution >= 4 is 17.6 Å². The Hall–Kier alpha value is -1.43. The van der Waals surface area contributed by atoms with Crippen molar-refractivity contribution in [2.24, 2.45) is 0 Å². The van der Waals surface area contributed by atoms with Crippen molar-refractivity contribution in [3.63, 3.8) is 0 Å². The van der Waals surface area contributed by atoms with Gasteiger partial charge in [-0.1, -0.05) is 0 Å². The molecule has 2 N–H and O–H groups in total. The summed E-state index contributed by atoms with van der Waals surface area (Å²) in [6.07, 6.45) is -2.34. The van der Waals surface area contributed by atoms with Crippen molar-refractivity contribution in [1.29, 1.82) is 0 Å². The van der Waals surface area contributed by atoms with Crippen LogP contribution >= 0.6 is 11.6 Å². The Morgan fingerprint density at radius 1 is 1.60 bits per heavy atom. The predicted octanol–water partition coefficient (Wildman–Crippen LogP) is 2.16. The van der Waals surface area contributed by atoms with Gasteiger partial charge in [0.05, 0.1) is 28.9 Å². The number of carboxylic acids is 1. The van der Waals surface area contributed by atoms with Gasteiger partial charge in [-0.15, -0.1) is 11.6 Å². The summed E-state index contributed by atoms with van der Waals surface area (Å²) in [5.41, 5.74) is -1.88. The molecule has 0 spiro atoms. The summed E-state index contributed by atoms with van der Waals surface area (Å²) in [7, 11) is 0. The quantitative estimate of drug-likeness (QED) is 0.791.